The number of ether oxygens (including phenoxy) is 2. The normalized spacial score (nSPS) is 10.0. The van der Waals surface area contributed by atoms with Crippen molar-refractivity contribution in [1.29, 1.82) is 0 Å². The van der Waals surface area contributed by atoms with Gasteiger partial charge in [0.15, 0.2) is 0 Å². The lowest BCUT2D eigenvalue weighted by atomic mass is 10.3. The van der Waals surface area contributed by atoms with E-state index in [4.69, 9.17) is 32.7 Å². The van der Waals surface area contributed by atoms with Crippen LogP contribution in [0.1, 0.15) is 0 Å². The third-order valence-corrected chi connectivity index (χ3v) is 3.55. The molecule has 0 aliphatic carbocycles. The number of benzene rings is 2. The zero-order valence-corrected chi connectivity index (χ0v) is 13.9. The van der Waals surface area contributed by atoms with Gasteiger partial charge in [0.2, 0.25) is 0 Å². The van der Waals surface area contributed by atoms with Crippen LogP contribution < -0.4 is 20.1 Å². The first-order valence-electron chi connectivity index (χ1n) is 6.86. The summed E-state index contributed by atoms with van der Waals surface area (Å²) in [5, 5.41) is 6.02. The smallest absolute Gasteiger partial charge is 0.319 e. The highest BCUT2D eigenvalue weighted by Crippen LogP contribution is 2.29. The quantitative estimate of drug-likeness (QED) is 0.764. The van der Waals surface area contributed by atoms with Crippen molar-refractivity contribution in [2.45, 2.75) is 0 Å². The van der Waals surface area contributed by atoms with E-state index < -0.39 is 6.03 Å². The van der Waals surface area contributed by atoms with Crippen LogP contribution in [-0.4, -0.2) is 26.3 Å². The molecule has 0 atom stereocenters. The summed E-state index contributed by atoms with van der Waals surface area (Å²) in [4.78, 5) is 11.8. The van der Waals surface area contributed by atoms with E-state index in [9.17, 15) is 4.79 Å². The van der Waals surface area contributed by atoms with Crippen LogP contribution in [0, 0.1) is 0 Å². The number of para-hydroxylation sites is 1. The summed E-state index contributed by atoms with van der Waals surface area (Å²) >= 11 is 12.0. The maximum Gasteiger partial charge on any atom is 0.319 e. The second kappa shape index (κ2) is 8.50. The van der Waals surface area contributed by atoms with E-state index in [1.54, 1.807) is 49.6 Å². The van der Waals surface area contributed by atoms with Gasteiger partial charge in [0.05, 0.1) is 29.4 Å². The number of rotatable bonds is 6. The summed E-state index contributed by atoms with van der Waals surface area (Å²) in [5.74, 6) is 1.45. The SMILES string of the molecule is COc1ccc(OCCNC(=O)Nc2c(Cl)cccc2Cl)cc1. The minimum Gasteiger partial charge on any atom is -0.497 e. The summed E-state index contributed by atoms with van der Waals surface area (Å²) in [6, 6.07) is 11.8. The van der Waals surface area contributed by atoms with Gasteiger partial charge in [-0.15, -0.1) is 0 Å². The maximum atomic E-state index is 11.8. The second-order valence-corrected chi connectivity index (χ2v) is 5.32. The first-order valence-corrected chi connectivity index (χ1v) is 7.61. The van der Waals surface area contributed by atoms with Crippen molar-refractivity contribution in [1.82, 2.24) is 5.32 Å². The van der Waals surface area contributed by atoms with E-state index in [2.05, 4.69) is 10.6 Å². The fourth-order valence-electron chi connectivity index (χ4n) is 1.78. The number of halogens is 2. The highest BCUT2D eigenvalue weighted by atomic mass is 35.5. The molecule has 0 spiro atoms. The topological polar surface area (TPSA) is 59.6 Å². The molecule has 0 saturated heterocycles. The van der Waals surface area contributed by atoms with E-state index in [1.807, 2.05) is 0 Å². The number of hydrogen-bond acceptors (Lipinski definition) is 3. The van der Waals surface area contributed by atoms with Gasteiger partial charge in [-0.1, -0.05) is 29.3 Å². The molecule has 2 N–H and O–H groups in total. The molecule has 2 aromatic carbocycles. The molecule has 0 aliphatic heterocycles. The fraction of sp³-hybridized carbons (Fsp3) is 0.188. The minimum atomic E-state index is -0.404. The van der Waals surface area contributed by atoms with Crippen molar-refractivity contribution in [2.75, 3.05) is 25.6 Å². The Morgan fingerprint density at radius 1 is 1.04 bits per heavy atom. The Kier molecular flexibility index (Phi) is 6.38. The van der Waals surface area contributed by atoms with Crippen molar-refractivity contribution in [3.05, 3.63) is 52.5 Å². The molecule has 0 bridgehead atoms. The van der Waals surface area contributed by atoms with Crippen LogP contribution in [0.3, 0.4) is 0 Å². The van der Waals surface area contributed by atoms with Gasteiger partial charge in [-0.05, 0) is 36.4 Å². The Hall–Kier alpha value is -2.11. The predicted octanol–water partition coefficient (Wildman–Crippen LogP) is 4.20. The van der Waals surface area contributed by atoms with Crippen LogP contribution in [0.2, 0.25) is 10.0 Å². The summed E-state index contributed by atoms with van der Waals surface area (Å²) in [5.41, 5.74) is 0.379. The van der Waals surface area contributed by atoms with Crippen LogP contribution in [0.15, 0.2) is 42.5 Å². The number of methoxy groups -OCH3 is 1. The lowest BCUT2D eigenvalue weighted by molar-refractivity contribution is 0.247. The van der Waals surface area contributed by atoms with E-state index in [-0.39, 0.29) is 0 Å². The van der Waals surface area contributed by atoms with E-state index >= 15 is 0 Å². The largest absolute Gasteiger partial charge is 0.497 e. The van der Waals surface area contributed by atoms with Crippen molar-refractivity contribution >= 4 is 34.9 Å². The molecular weight excluding hydrogens is 339 g/mol. The highest BCUT2D eigenvalue weighted by molar-refractivity contribution is 6.39. The van der Waals surface area contributed by atoms with E-state index in [0.717, 1.165) is 5.75 Å². The molecule has 2 aromatic rings. The number of urea groups is 1. The molecule has 7 heteroatoms. The molecule has 0 radical (unpaired) electrons. The van der Waals surface area contributed by atoms with Crippen LogP contribution in [0.5, 0.6) is 11.5 Å². The molecule has 0 aliphatic rings. The summed E-state index contributed by atoms with van der Waals surface area (Å²) in [7, 11) is 1.60. The molecule has 23 heavy (non-hydrogen) atoms. The molecule has 0 saturated carbocycles. The summed E-state index contributed by atoms with van der Waals surface area (Å²) in [6.07, 6.45) is 0. The Morgan fingerprint density at radius 2 is 1.65 bits per heavy atom. The van der Waals surface area contributed by atoms with Gasteiger partial charge in [-0.25, -0.2) is 4.79 Å². The second-order valence-electron chi connectivity index (χ2n) is 4.50. The number of carbonyl (C=O) groups is 1. The molecule has 0 aromatic heterocycles. The van der Waals surface area contributed by atoms with Gasteiger partial charge in [0, 0.05) is 0 Å². The lowest BCUT2D eigenvalue weighted by Gasteiger charge is -2.11. The Morgan fingerprint density at radius 3 is 2.26 bits per heavy atom. The van der Waals surface area contributed by atoms with Crippen LogP contribution in [0.25, 0.3) is 0 Å². The standard InChI is InChI=1S/C16H16Cl2N2O3/c1-22-11-5-7-12(8-6-11)23-10-9-19-16(21)20-15-13(17)3-2-4-14(15)18/h2-8H,9-10H2,1H3,(H2,19,20,21). The van der Waals surface area contributed by atoms with Gasteiger partial charge < -0.3 is 20.1 Å². The summed E-state index contributed by atoms with van der Waals surface area (Å²) < 4.78 is 10.6. The zero-order chi connectivity index (χ0) is 16.7. The number of anilines is 1. The number of carbonyl (C=O) groups excluding carboxylic acids is 1. The number of hydrogen-bond donors (Lipinski definition) is 2. The summed E-state index contributed by atoms with van der Waals surface area (Å²) in [6.45, 7) is 0.663. The molecule has 2 amide bonds. The minimum absolute atomic E-state index is 0.329. The monoisotopic (exact) mass is 354 g/mol. The molecular formula is C16H16Cl2N2O3. The average Bonchev–Trinajstić information content (AvgIpc) is 2.56. The highest BCUT2D eigenvalue weighted by Gasteiger charge is 2.08. The van der Waals surface area contributed by atoms with Crippen LogP contribution in [0.4, 0.5) is 10.5 Å². The van der Waals surface area contributed by atoms with Crippen LogP contribution >= 0.6 is 23.2 Å². The van der Waals surface area contributed by atoms with Crippen LogP contribution in [-0.2, 0) is 0 Å². The molecule has 0 unspecified atom stereocenters. The van der Waals surface area contributed by atoms with Crippen molar-refractivity contribution < 1.29 is 14.3 Å². The number of amides is 2. The predicted molar refractivity (Wildman–Crippen MR) is 92.0 cm³/mol. The molecule has 122 valence electrons. The molecule has 0 heterocycles. The molecule has 0 fully saturated rings. The van der Waals surface area contributed by atoms with Gasteiger partial charge in [-0.3, -0.25) is 0 Å². The Balaban J connectivity index is 1.74. The van der Waals surface area contributed by atoms with Crippen molar-refractivity contribution in [2.24, 2.45) is 0 Å². The van der Waals surface area contributed by atoms with Gasteiger partial charge in [0.25, 0.3) is 0 Å². The fourth-order valence-corrected chi connectivity index (χ4v) is 2.27. The van der Waals surface area contributed by atoms with E-state index in [1.165, 1.54) is 0 Å². The third-order valence-electron chi connectivity index (χ3n) is 2.92. The van der Waals surface area contributed by atoms with Gasteiger partial charge >= 0.3 is 6.03 Å². The van der Waals surface area contributed by atoms with Gasteiger partial charge in [-0.2, -0.15) is 0 Å². The zero-order valence-electron chi connectivity index (χ0n) is 12.4. The first kappa shape index (κ1) is 17.2. The first-order chi connectivity index (χ1) is 11.1. The number of nitrogens with one attached hydrogen (secondary N) is 2. The van der Waals surface area contributed by atoms with Crippen molar-refractivity contribution in [3.63, 3.8) is 0 Å². The van der Waals surface area contributed by atoms with Gasteiger partial charge in [0.1, 0.15) is 18.1 Å². The molecule has 2 rings (SSSR count). The molecule has 5 nitrogen and oxygen atoms in total. The van der Waals surface area contributed by atoms with Crippen molar-refractivity contribution in [3.8, 4) is 11.5 Å². The third kappa shape index (κ3) is 5.23. The van der Waals surface area contributed by atoms with E-state index in [0.29, 0.717) is 34.6 Å². The Labute approximate surface area is 144 Å². The lowest BCUT2D eigenvalue weighted by Crippen LogP contribution is -2.32. The average molecular weight is 355 g/mol. The maximum absolute atomic E-state index is 11.8. The Bertz CT molecular complexity index is 643.